The van der Waals surface area contributed by atoms with Crippen LogP contribution in [-0.4, -0.2) is 30.9 Å². The van der Waals surface area contributed by atoms with Crippen molar-refractivity contribution in [3.63, 3.8) is 0 Å². The van der Waals surface area contributed by atoms with Crippen molar-refractivity contribution in [2.24, 2.45) is 5.73 Å². The summed E-state index contributed by atoms with van der Waals surface area (Å²) in [5.74, 6) is 0.498. The number of ether oxygens (including phenoxy) is 1. The summed E-state index contributed by atoms with van der Waals surface area (Å²) in [5, 5.41) is 12.4. The zero-order chi connectivity index (χ0) is 11.1. The number of carbonyl (C=O) groups is 1. The number of nitrogens with two attached hydrogens (primary N) is 1. The first kappa shape index (κ1) is 11.5. The Hall–Kier alpha value is -1.53. The number of hydrogen-bond donors (Lipinski definition) is 3. The molecule has 84 valence electrons. The largest absolute Gasteiger partial charge is 0.467 e. The topological polar surface area (TPSA) is 97.7 Å². The molecule has 0 aromatic carbocycles. The lowest BCUT2D eigenvalue weighted by Crippen LogP contribution is -2.27. The van der Waals surface area contributed by atoms with Crippen LogP contribution in [0.15, 0.2) is 22.8 Å². The minimum Gasteiger partial charge on any atom is -0.467 e. The maximum Gasteiger partial charge on any atom is 0.404 e. The van der Waals surface area contributed by atoms with Gasteiger partial charge in [0.15, 0.2) is 0 Å². The molecule has 0 spiro atoms. The number of furan rings is 1. The first-order valence-electron chi connectivity index (χ1n) is 4.54. The van der Waals surface area contributed by atoms with E-state index in [1.54, 1.807) is 12.1 Å². The molecule has 1 amide bonds. The van der Waals surface area contributed by atoms with Gasteiger partial charge >= 0.3 is 6.09 Å². The van der Waals surface area contributed by atoms with E-state index in [1.807, 2.05) is 0 Å². The Kier molecular flexibility index (Phi) is 4.65. The third-order valence-corrected chi connectivity index (χ3v) is 1.73. The second-order valence-electron chi connectivity index (χ2n) is 2.90. The highest BCUT2D eigenvalue weighted by Crippen LogP contribution is 2.11. The summed E-state index contributed by atoms with van der Waals surface area (Å²) in [4.78, 5) is 10.2. The molecule has 1 aromatic rings. The van der Waals surface area contributed by atoms with Crippen molar-refractivity contribution in [2.45, 2.75) is 6.10 Å². The lowest BCUT2D eigenvalue weighted by atomic mass is 10.3. The number of aliphatic hydroxyl groups is 1. The van der Waals surface area contributed by atoms with Gasteiger partial charge in [-0.2, -0.15) is 0 Å². The summed E-state index contributed by atoms with van der Waals surface area (Å²) in [6.07, 6.45) is -0.00802. The first-order valence-corrected chi connectivity index (χ1v) is 4.54. The monoisotopic (exact) mass is 214 g/mol. The Balaban J connectivity index is 2.08. The summed E-state index contributed by atoms with van der Waals surface area (Å²) in [6.45, 7) is 0.941. The van der Waals surface area contributed by atoms with Gasteiger partial charge in [-0.05, 0) is 12.1 Å². The van der Waals surface area contributed by atoms with Gasteiger partial charge in [-0.3, -0.25) is 0 Å². The zero-order valence-electron chi connectivity index (χ0n) is 8.18. The van der Waals surface area contributed by atoms with Crippen molar-refractivity contribution >= 4 is 6.09 Å². The second kappa shape index (κ2) is 6.05. The highest BCUT2D eigenvalue weighted by molar-refractivity contribution is 5.64. The van der Waals surface area contributed by atoms with Crippen LogP contribution in [0.3, 0.4) is 0 Å². The van der Waals surface area contributed by atoms with Crippen LogP contribution in [0.1, 0.15) is 11.9 Å². The molecule has 0 aliphatic heterocycles. The Morgan fingerprint density at radius 3 is 3.13 bits per heavy atom. The zero-order valence-corrected chi connectivity index (χ0v) is 8.18. The molecule has 6 heteroatoms. The van der Waals surface area contributed by atoms with Crippen molar-refractivity contribution in [1.29, 1.82) is 0 Å². The van der Waals surface area contributed by atoms with Gasteiger partial charge in [-0.25, -0.2) is 4.79 Å². The molecular weight excluding hydrogens is 200 g/mol. The molecule has 1 atom stereocenters. The molecule has 1 rings (SSSR count). The van der Waals surface area contributed by atoms with Crippen LogP contribution in [0.4, 0.5) is 4.79 Å². The number of carbonyl (C=O) groups excluding carboxylic acids is 1. The van der Waals surface area contributed by atoms with E-state index in [0.717, 1.165) is 0 Å². The molecule has 0 saturated heterocycles. The summed E-state index contributed by atoms with van der Waals surface area (Å²) in [5.41, 5.74) is 4.76. The van der Waals surface area contributed by atoms with Gasteiger partial charge in [-0.1, -0.05) is 0 Å². The maximum absolute atomic E-state index is 10.2. The van der Waals surface area contributed by atoms with Crippen molar-refractivity contribution in [2.75, 3.05) is 19.7 Å². The third-order valence-electron chi connectivity index (χ3n) is 1.73. The van der Waals surface area contributed by atoms with Gasteiger partial charge < -0.3 is 25.3 Å². The molecule has 0 fully saturated rings. The SMILES string of the molecule is NC(=O)OCCNCC(O)c1ccco1. The van der Waals surface area contributed by atoms with Crippen molar-refractivity contribution < 1.29 is 19.1 Å². The molecular formula is C9H14N2O4. The van der Waals surface area contributed by atoms with Crippen LogP contribution in [0.5, 0.6) is 0 Å². The number of rotatable bonds is 6. The molecule has 0 radical (unpaired) electrons. The van der Waals surface area contributed by atoms with Crippen LogP contribution in [0.2, 0.25) is 0 Å². The van der Waals surface area contributed by atoms with Crippen LogP contribution in [-0.2, 0) is 4.74 Å². The van der Waals surface area contributed by atoms with E-state index in [1.165, 1.54) is 6.26 Å². The lowest BCUT2D eigenvalue weighted by Gasteiger charge is -2.08. The van der Waals surface area contributed by atoms with Gasteiger partial charge in [-0.15, -0.1) is 0 Å². The Bertz CT molecular complexity index is 286. The molecule has 1 aromatic heterocycles. The van der Waals surface area contributed by atoms with E-state index in [-0.39, 0.29) is 6.61 Å². The standard InChI is InChI=1S/C9H14N2O4/c10-9(13)15-5-3-11-6-7(12)8-2-1-4-14-8/h1-2,4,7,11-12H,3,5-6H2,(H2,10,13). The van der Waals surface area contributed by atoms with Gasteiger partial charge in [0.05, 0.1) is 6.26 Å². The van der Waals surface area contributed by atoms with Gasteiger partial charge in [0.2, 0.25) is 0 Å². The normalized spacial score (nSPS) is 12.3. The highest BCUT2D eigenvalue weighted by Gasteiger charge is 2.08. The summed E-state index contributed by atoms with van der Waals surface area (Å²) >= 11 is 0. The van der Waals surface area contributed by atoms with E-state index >= 15 is 0 Å². The average Bonchev–Trinajstić information content (AvgIpc) is 2.69. The fourth-order valence-electron chi connectivity index (χ4n) is 1.04. The van der Waals surface area contributed by atoms with E-state index in [9.17, 15) is 9.90 Å². The smallest absolute Gasteiger partial charge is 0.404 e. The number of aliphatic hydroxyl groups excluding tert-OH is 1. The van der Waals surface area contributed by atoms with E-state index in [4.69, 9.17) is 10.2 Å². The van der Waals surface area contributed by atoms with Gasteiger partial charge in [0, 0.05) is 13.1 Å². The third kappa shape index (κ3) is 4.48. The fraction of sp³-hybridized carbons (Fsp3) is 0.444. The van der Waals surface area contributed by atoms with Crippen LogP contribution in [0, 0.1) is 0 Å². The van der Waals surface area contributed by atoms with Crippen LogP contribution in [0.25, 0.3) is 0 Å². The lowest BCUT2D eigenvalue weighted by molar-refractivity contribution is 0.137. The minimum atomic E-state index is -0.802. The predicted molar refractivity (Wildman–Crippen MR) is 52.1 cm³/mol. The number of hydrogen-bond acceptors (Lipinski definition) is 5. The quantitative estimate of drug-likeness (QED) is 0.579. The first-order chi connectivity index (χ1) is 7.20. The van der Waals surface area contributed by atoms with Gasteiger partial charge in [0.25, 0.3) is 0 Å². The van der Waals surface area contributed by atoms with Crippen molar-refractivity contribution in [1.82, 2.24) is 5.32 Å². The molecule has 0 aliphatic rings. The van der Waals surface area contributed by atoms with E-state index < -0.39 is 12.2 Å². The fourth-order valence-corrected chi connectivity index (χ4v) is 1.04. The van der Waals surface area contributed by atoms with E-state index in [2.05, 4.69) is 10.1 Å². The van der Waals surface area contributed by atoms with Crippen molar-refractivity contribution in [3.05, 3.63) is 24.2 Å². The highest BCUT2D eigenvalue weighted by atomic mass is 16.5. The predicted octanol–water partition coefficient (Wildman–Crippen LogP) is -0.00210. The molecule has 4 N–H and O–H groups in total. The molecule has 1 heterocycles. The van der Waals surface area contributed by atoms with Crippen LogP contribution < -0.4 is 11.1 Å². The Morgan fingerprint density at radius 1 is 1.73 bits per heavy atom. The minimum absolute atomic E-state index is 0.181. The number of primary amides is 1. The Morgan fingerprint density at radius 2 is 2.53 bits per heavy atom. The van der Waals surface area contributed by atoms with E-state index in [0.29, 0.717) is 18.8 Å². The molecule has 1 unspecified atom stereocenters. The molecule has 0 aliphatic carbocycles. The molecule has 6 nitrogen and oxygen atoms in total. The maximum atomic E-state index is 10.2. The molecule has 0 bridgehead atoms. The summed E-state index contributed by atoms with van der Waals surface area (Å²) in [6, 6.07) is 3.39. The molecule has 15 heavy (non-hydrogen) atoms. The summed E-state index contributed by atoms with van der Waals surface area (Å²) in [7, 11) is 0. The Labute approximate surface area is 87.0 Å². The summed E-state index contributed by atoms with van der Waals surface area (Å²) < 4.78 is 9.48. The number of amides is 1. The van der Waals surface area contributed by atoms with Crippen LogP contribution >= 0.6 is 0 Å². The van der Waals surface area contributed by atoms with Crippen molar-refractivity contribution in [3.8, 4) is 0 Å². The second-order valence-corrected chi connectivity index (χ2v) is 2.90. The average molecular weight is 214 g/mol. The molecule has 0 saturated carbocycles. The number of nitrogens with one attached hydrogen (secondary N) is 1. The van der Waals surface area contributed by atoms with Gasteiger partial charge in [0.1, 0.15) is 18.5 Å².